The molecule has 14 heavy (non-hydrogen) atoms. The van der Waals surface area contributed by atoms with Crippen LogP contribution in [0.3, 0.4) is 0 Å². The minimum absolute atomic E-state index is 0.496. The Bertz CT molecular complexity index is 378. The molecule has 0 spiro atoms. The summed E-state index contributed by atoms with van der Waals surface area (Å²) in [6, 6.07) is 2.74. The van der Waals surface area contributed by atoms with E-state index < -0.39 is 0 Å². The van der Waals surface area contributed by atoms with E-state index >= 15 is 0 Å². The number of ether oxygens (including phenoxy) is 1. The maximum absolute atomic E-state index is 5.49. The zero-order chi connectivity index (χ0) is 9.71. The zero-order valence-corrected chi connectivity index (χ0v) is 8.53. The molecule has 0 aromatic carbocycles. The van der Waals surface area contributed by atoms with Crippen molar-refractivity contribution >= 4 is 5.69 Å². The molecule has 3 nitrogen and oxygen atoms in total. The lowest BCUT2D eigenvalue weighted by molar-refractivity contribution is 0.189. The maximum atomic E-state index is 5.49. The predicted octanol–water partition coefficient (Wildman–Crippen LogP) is 1.32. The average Bonchev–Trinajstić information content (AvgIpc) is 2.72. The molecule has 1 fully saturated rings. The number of nitrogens with zero attached hydrogens (tertiary/aromatic N) is 2. The van der Waals surface area contributed by atoms with E-state index in [1.165, 1.54) is 16.9 Å². The Labute approximate surface area is 83.7 Å². The Morgan fingerprint density at radius 1 is 1.50 bits per heavy atom. The Morgan fingerprint density at radius 2 is 2.36 bits per heavy atom. The molecule has 0 N–H and O–H groups in total. The molecule has 0 radical (unpaired) electrons. The maximum Gasteiger partial charge on any atom is 0.0712 e. The Kier molecular flexibility index (Phi) is 1.59. The number of anilines is 1. The number of rotatable bonds is 0. The zero-order valence-electron chi connectivity index (χ0n) is 8.53. The molecule has 0 bridgehead atoms. The molecular formula is C11H14N2O. The van der Waals surface area contributed by atoms with E-state index in [9.17, 15) is 0 Å². The third kappa shape index (κ3) is 0.932. The van der Waals surface area contributed by atoms with E-state index in [1.807, 2.05) is 6.20 Å². The summed E-state index contributed by atoms with van der Waals surface area (Å²) in [5.74, 6) is 0.496. The normalized spacial score (nSPS) is 29.1. The molecule has 74 valence electrons. The number of fused-ring (bicyclic) bond motifs is 3. The van der Waals surface area contributed by atoms with Gasteiger partial charge in [0.05, 0.1) is 30.6 Å². The van der Waals surface area contributed by atoms with Crippen molar-refractivity contribution in [2.75, 3.05) is 25.2 Å². The largest absolute Gasteiger partial charge is 0.379 e. The second-order valence-electron chi connectivity index (χ2n) is 4.24. The summed E-state index contributed by atoms with van der Waals surface area (Å²) in [6.45, 7) is 3.76. The number of aromatic nitrogens is 1. The van der Waals surface area contributed by atoms with Crippen LogP contribution >= 0.6 is 0 Å². The monoisotopic (exact) mass is 190 g/mol. The van der Waals surface area contributed by atoms with E-state index in [2.05, 4.69) is 29.9 Å². The van der Waals surface area contributed by atoms with Gasteiger partial charge in [-0.2, -0.15) is 0 Å². The molecule has 0 saturated carbocycles. The van der Waals surface area contributed by atoms with E-state index in [4.69, 9.17) is 4.74 Å². The number of hydrogen-bond acceptors (Lipinski definition) is 3. The highest BCUT2D eigenvalue weighted by Gasteiger charge is 2.41. The van der Waals surface area contributed by atoms with Crippen LogP contribution < -0.4 is 4.90 Å². The van der Waals surface area contributed by atoms with Gasteiger partial charge in [0, 0.05) is 19.2 Å². The van der Waals surface area contributed by atoms with Crippen LogP contribution in [0.1, 0.15) is 17.2 Å². The van der Waals surface area contributed by atoms with Crippen LogP contribution in [-0.4, -0.2) is 31.3 Å². The van der Waals surface area contributed by atoms with Crippen LogP contribution in [0.5, 0.6) is 0 Å². The first-order valence-corrected chi connectivity index (χ1v) is 5.04. The number of hydrogen-bond donors (Lipinski definition) is 0. The van der Waals surface area contributed by atoms with Gasteiger partial charge < -0.3 is 9.64 Å². The van der Waals surface area contributed by atoms with Crippen LogP contribution in [-0.2, 0) is 4.74 Å². The van der Waals surface area contributed by atoms with Gasteiger partial charge in [0.2, 0.25) is 0 Å². The van der Waals surface area contributed by atoms with Crippen molar-refractivity contribution in [3.05, 3.63) is 23.5 Å². The molecule has 1 saturated heterocycles. The summed E-state index contributed by atoms with van der Waals surface area (Å²) >= 11 is 0. The van der Waals surface area contributed by atoms with Crippen LogP contribution in [0.25, 0.3) is 0 Å². The fraction of sp³-hybridized carbons (Fsp3) is 0.545. The van der Waals surface area contributed by atoms with Crippen molar-refractivity contribution in [1.29, 1.82) is 0 Å². The first-order valence-electron chi connectivity index (χ1n) is 5.04. The minimum atomic E-state index is 0.496. The van der Waals surface area contributed by atoms with E-state index in [0.717, 1.165) is 13.2 Å². The summed E-state index contributed by atoms with van der Waals surface area (Å²) < 4.78 is 5.49. The molecule has 2 unspecified atom stereocenters. The molecule has 2 aliphatic heterocycles. The highest BCUT2D eigenvalue weighted by molar-refractivity contribution is 5.60. The van der Waals surface area contributed by atoms with Crippen LogP contribution in [0.2, 0.25) is 0 Å². The van der Waals surface area contributed by atoms with Crippen molar-refractivity contribution in [1.82, 2.24) is 4.98 Å². The lowest BCUT2D eigenvalue weighted by atomic mass is 10.0. The van der Waals surface area contributed by atoms with E-state index in [0.29, 0.717) is 12.0 Å². The van der Waals surface area contributed by atoms with E-state index in [1.54, 1.807) is 0 Å². The molecule has 1 aromatic heterocycles. The van der Waals surface area contributed by atoms with Crippen LogP contribution in [0, 0.1) is 6.92 Å². The number of aryl methyl sites for hydroxylation is 1. The molecule has 3 rings (SSSR count). The van der Waals surface area contributed by atoms with Gasteiger partial charge in [-0.15, -0.1) is 0 Å². The third-order valence-corrected chi connectivity index (χ3v) is 3.31. The van der Waals surface area contributed by atoms with Gasteiger partial charge in [-0.05, 0) is 18.6 Å². The van der Waals surface area contributed by atoms with Gasteiger partial charge in [-0.25, -0.2) is 0 Å². The first kappa shape index (κ1) is 8.24. The van der Waals surface area contributed by atoms with Gasteiger partial charge in [0.25, 0.3) is 0 Å². The van der Waals surface area contributed by atoms with Crippen molar-refractivity contribution in [3.8, 4) is 0 Å². The number of likely N-dealkylation sites (N-methyl/N-ethyl adjacent to an activating group) is 1. The first-order chi connectivity index (χ1) is 6.77. The quantitative estimate of drug-likeness (QED) is 0.617. The second-order valence-corrected chi connectivity index (χ2v) is 4.24. The fourth-order valence-electron chi connectivity index (χ4n) is 2.50. The standard InChI is InChI=1S/C11H14N2O/c1-7-3-9-11(12-4-7)8-5-14-6-10(8)13(9)2/h3-4,8,10H,5-6H2,1-2H3. The van der Waals surface area contributed by atoms with Crippen molar-refractivity contribution < 1.29 is 4.74 Å². The Morgan fingerprint density at radius 3 is 3.21 bits per heavy atom. The molecule has 2 atom stereocenters. The van der Waals surface area contributed by atoms with Gasteiger partial charge in [0.15, 0.2) is 0 Å². The molecule has 1 aromatic rings. The molecular weight excluding hydrogens is 176 g/mol. The predicted molar refractivity (Wildman–Crippen MR) is 54.7 cm³/mol. The van der Waals surface area contributed by atoms with Crippen molar-refractivity contribution in [3.63, 3.8) is 0 Å². The molecule has 3 heteroatoms. The SMILES string of the molecule is Cc1cnc2c(c1)N(C)C1COCC21. The topological polar surface area (TPSA) is 25.4 Å². The van der Waals surface area contributed by atoms with Crippen LogP contribution in [0.4, 0.5) is 5.69 Å². The van der Waals surface area contributed by atoms with Gasteiger partial charge in [0.1, 0.15) is 0 Å². The van der Waals surface area contributed by atoms with Gasteiger partial charge in [-0.3, -0.25) is 4.98 Å². The van der Waals surface area contributed by atoms with Gasteiger partial charge >= 0.3 is 0 Å². The molecule has 2 aliphatic rings. The summed E-state index contributed by atoms with van der Waals surface area (Å²) in [4.78, 5) is 6.84. The molecule has 0 aliphatic carbocycles. The molecule has 0 amide bonds. The highest BCUT2D eigenvalue weighted by Crippen LogP contribution is 2.41. The van der Waals surface area contributed by atoms with Crippen molar-refractivity contribution in [2.24, 2.45) is 0 Å². The second kappa shape index (κ2) is 2.70. The van der Waals surface area contributed by atoms with Crippen LogP contribution in [0.15, 0.2) is 12.3 Å². The summed E-state index contributed by atoms with van der Waals surface area (Å²) in [6.07, 6.45) is 1.95. The smallest absolute Gasteiger partial charge is 0.0712 e. The Balaban J connectivity index is 2.13. The highest BCUT2D eigenvalue weighted by atomic mass is 16.5. The average molecular weight is 190 g/mol. The summed E-state index contributed by atoms with van der Waals surface area (Å²) in [5.41, 5.74) is 3.75. The Hall–Kier alpha value is -1.09. The lowest BCUT2D eigenvalue weighted by Crippen LogP contribution is -2.30. The lowest BCUT2D eigenvalue weighted by Gasteiger charge is -2.19. The third-order valence-electron chi connectivity index (χ3n) is 3.31. The fourth-order valence-corrected chi connectivity index (χ4v) is 2.50. The summed E-state index contributed by atoms with van der Waals surface area (Å²) in [7, 11) is 2.14. The van der Waals surface area contributed by atoms with E-state index in [-0.39, 0.29) is 0 Å². The van der Waals surface area contributed by atoms with Crippen molar-refractivity contribution in [2.45, 2.75) is 18.9 Å². The minimum Gasteiger partial charge on any atom is -0.379 e. The van der Waals surface area contributed by atoms with Gasteiger partial charge in [-0.1, -0.05) is 0 Å². The molecule has 3 heterocycles. The number of pyridine rings is 1. The summed E-state index contributed by atoms with van der Waals surface area (Å²) in [5, 5.41) is 0.